The number of benzene rings is 1. The molecule has 0 aliphatic carbocycles. The Kier molecular flexibility index (Phi) is 10.3. The molecule has 43 heavy (non-hydrogen) atoms. The molecule has 0 amide bonds. The molecule has 11 heteroatoms. The number of halogens is 1. The molecular formula is C32H39FN7O3+. The maximum Gasteiger partial charge on any atom is 0.333 e. The predicted octanol–water partition coefficient (Wildman–Crippen LogP) is 4.21. The Bertz CT molecular complexity index is 1540. The number of nitrogens with one attached hydrogen (secondary N) is 2. The second-order valence-corrected chi connectivity index (χ2v) is 10.9. The first kappa shape index (κ1) is 30.1. The van der Waals surface area contributed by atoms with Crippen molar-refractivity contribution in [3.8, 4) is 5.75 Å². The molecule has 0 spiro atoms. The van der Waals surface area contributed by atoms with E-state index in [4.69, 9.17) is 9.72 Å². The van der Waals surface area contributed by atoms with Gasteiger partial charge in [0.1, 0.15) is 35.7 Å². The number of ketones is 1. The Morgan fingerprint density at radius 1 is 1.16 bits per heavy atom. The fourth-order valence-electron chi connectivity index (χ4n) is 5.28. The van der Waals surface area contributed by atoms with E-state index in [2.05, 4.69) is 37.6 Å². The number of anilines is 2. The number of nitrogens with zero attached hydrogens (tertiary/aromatic N) is 5. The zero-order valence-corrected chi connectivity index (χ0v) is 24.5. The summed E-state index contributed by atoms with van der Waals surface area (Å²) in [5, 5.41) is 17.3. The van der Waals surface area contributed by atoms with Gasteiger partial charge in [0, 0.05) is 37.8 Å². The molecule has 0 radical (unpaired) electrons. The van der Waals surface area contributed by atoms with E-state index in [1.54, 1.807) is 13.0 Å². The van der Waals surface area contributed by atoms with E-state index in [9.17, 15) is 14.4 Å². The van der Waals surface area contributed by atoms with Crippen molar-refractivity contribution in [1.82, 2.24) is 19.9 Å². The van der Waals surface area contributed by atoms with Gasteiger partial charge in [0.15, 0.2) is 17.3 Å². The minimum absolute atomic E-state index is 0.0395. The lowest BCUT2D eigenvalue weighted by Gasteiger charge is -2.24. The van der Waals surface area contributed by atoms with Gasteiger partial charge in [-0.3, -0.25) is 20.0 Å². The summed E-state index contributed by atoms with van der Waals surface area (Å²) in [5.41, 5.74) is 3.57. The van der Waals surface area contributed by atoms with Gasteiger partial charge in [-0.2, -0.15) is 0 Å². The van der Waals surface area contributed by atoms with Gasteiger partial charge in [-0.15, -0.1) is 0 Å². The molecule has 0 saturated heterocycles. The molecule has 10 nitrogen and oxygen atoms in total. The lowest BCUT2D eigenvalue weighted by atomic mass is 10.1. The van der Waals surface area contributed by atoms with Crippen molar-refractivity contribution >= 4 is 28.5 Å². The van der Waals surface area contributed by atoms with E-state index in [1.807, 2.05) is 18.2 Å². The van der Waals surface area contributed by atoms with Crippen LogP contribution in [0.2, 0.25) is 0 Å². The summed E-state index contributed by atoms with van der Waals surface area (Å²) < 4.78 is 20.3. The van der Waals surface area contributed by atoms with Gasteiger partial charge in [0.2, 0.25) is 0 Å². The number of carbonyl (C=O) groups is 1. The molecule has 5 rings (SSSR count). The molecule has 0 unspecified atom stereocenters. The quantitative estimate of drug-likeness (QED) is 0.107. The monoisotopic (exact) mass is 588 g/mol. The lowest BCUT2D eigenvalue weighted by molar-refractivity contribution is -0.873. The Morgan fingerprint density at radius 3 is 2.91 bits per heavy atom. The third-order valence-electron chi connectivity index (χ3n) is 7.68. The summed E-state index contributed by atoms with van der Waals surface area (Å²) in [6.45, 7) is 4.88. The number of hydrogen-bond acceptors (Lipinski definition) is 9. The maximum atomic E-state index is 13.5. The maximum absolute atomic E-state index is 13.5. The van der Waals surface area contributed by atoms with Crippen LogP contribution >= 0.6 is 0 Å². The van der Waals surface area contributed by atoms with E-state index in [0.717, 1.165) is 67.6 Å². The number of Topliss-reactive ketones (excluding diaryl/α,β-unsaturated/α-hetero) is 1. The van der Waals surface area contributed by atoms with Crippen LogP contribution in [0.3, 0.4) is 0 Å². The molecule has 4 heterocycles. The number of unbranched alkanes of at least 4 members (excludes halogenated alkanes) is 1. The number of pyridine rings is 2. The van der Waals surface area contributed by atoms with E-state index in [0.29, 0.717) is 48.7 Å². The average molecular weight is 589 g/mol. The molecule has 3 aromatic heterocycles. The smallest absolute Gasteiger partial charge is 0.333 e. The summed E-state index contributed by atoms with van der Waals surface area (Å²) in [4.78, 5) is 27.9. The lowest BCUT2D eigenvalue weighted by Crippen LogP contribution is -2.41. The second kappa shape index (κ2) is 14.7. The minimum Gasteiger partial charge on any atom is -0.491 e. The highest BCUT2D eigenvalue weighted by Gasteiger charge is 2.24. The van der Waals surface area contributed by atoms with Gasteiger partial charge in [-0.05, 0) is 74.1 Å². The van der Waals surface area contributed by atoms with Crippen LogP contribution in [0.4, 0.5) is 16.0 Å². The van der Waals surface area contributed by atoms with Crippen LogP contribution in [-0.2, 0) is 17.6 Å². The molecule has 226 valence electrons. The van der Waals surface area contributed by atoms with Crippen LogP contribution in [0.1, 0.15) is 43.9 Å². The zero-order chi connectivity index (χ0) is 30.0. The summed E-state index contributed by atoms with van der Waals surface area (Å²) >= 11 is 0. The second-order valence-electron chi connectivity index (χ2n) is 10.9. The first-order chi connectivity index (χ1) is 21.0. The fraction of sp³-hybridized carbons (Fsp3) is 0.406. The number of aromatic nitrogens is 4. The highest BCUT2D eigenvalue weighted by Crippen LogP contribution is 2.20. The van der Waals surface area contributed by atoms with Gasteiger partial charge < -0.3 is 15.3 Å². The van der Waals surface area contributed by atoms with Crippen molar-refractivity contribution in [3.63, 3.8) is 0 Å². The third-order valence-corrected chi connectivity index (χ3v) is 7.68. The predicted molar refractivity (Wildman–Crippen MR) is 162 cm³/mol. The molecule has 4 aromatic rings. The Hall–Kier alpha value is -4.38. The first-order valence-electron chi connectivity index (χ1n) is 14.9. The van der Waals surface area contributed by atoms with Gasteiger partial charge in [0.05, 0.1) is 12.4 Å². The van der Waals surface area contributed by atoms with Crippen LogP contribution in [-0.4, -0.2) is 69.7 Å². The SMILES string of the molecule is CC(=O)[C@H](CCN(CCCCc1ccc2c(n1)NCCC2)CCOc1cncc(F)c1)Nc1cnc2ccccc2[n+]1O. The minimum atomic E-state index is -0.524. The number of hydrogen-bond donors (Lipinski definition) is 3. The number of carbonyl (C=O) groups excluding carboxylic acids is 1. The van der Waals surface area contributed by atoms with E-state index < -0.39 is 11.9 Å². The van der Waals surface area contributed by atoms with Crippen LogP contribution in [0.5, 0.6) is 5.75 Å². The summed E-state index contributed by atoms with van der Waals surface area (Å²) in [7, 11) is 0. The van der Waals surface area contributed by atoms with Crippen LogP contribution in [0, 0.1) is 5.82 Å². The van der Waals surface area contributed by atoms with E-state index in [-0.39, 0.29) is 5.78 Å². The Labute approximate surface area is 250 Å². The average Bonchev–Trinajstić information content (AvgIpc) is 3.02. The van der Waals surface area contributed by atoms with Gasteiger partial charge in [-0.25, -0.2) is 14.4 Å². The van der Waals surface area contributed by atoms with Crippen LogP contribution < -0.4 is 20.1 Å². The molecule has 3 N–H and O–H groups in total. The van der Waals surface area contributed by atoms with Crippen LogP contribution in [0.15, 0.2) is 61.1 Å². The van der Waals surface area contributed by atoms with Crippen molar-refractivity contribution in [3.05, 3.63) is 78.1 Å². The molecule has 1 atom stereocenters. The molecule has 1 aliphatic rings. The molecule has 0 bridgehead atoms. The van der Waals surface area contributed by atoms with Crippen molar-refractivity contribution in [2.75, 3.05) is 43.4 Å². The number of aryl methyl sites for hydroxylation is 2. The van der Waals surface area contributed by atoms with Crippen LogP contribution in [0.25, 0.3) is 11.0 Å². The number of fused-ring (bicyclic) bond motifs is 2. The molecule has 1 aromatic carbocycles. The van der Waals surface area contributed by atoms with E-state index >= 15 is 0 Å². The number of ether oxygens (including phenoxy) is 1. The van der Waals surface area contributed by atoms with Gasteiger partial charge >= 0.3 is 5.82 Å². The van der Waals surface area contributed by atoms with Crippen molar-refractivity contribution in [1.29, 1.82) is 0 Å². The standard InChI is InChI=1S/C32H38FN7O3/c1-23(41)28(38-31-22-36-29-9-2-3-10-30(29)40(31)42)13-16-39(17-18-43-27-19-25(33)20-34-21-27)15-5-4-8-26-12-11-24-7-6-14-35-32(24)37-26/h2-3,9-12,19-22,28,42H,4-8,13-18H2,1H3,(H,35,37)/p+1/t28-/m0/s1. The third kappa shape index (κ3) is 8.35. The van der Waals surface area contributed by atoms with Gasteiger partial charge in [-0.1, -0.05) is 18.2 Å². The summed E-state index contributed by atoms with van der Waals surface area (Å²) in [6.07, 6.45) is 9.69. The number of rotatable bonds is 15. The van der Waals surface area contributed by atoms with Crippen molar-refractivity contribution < 1.29 is 23.9 Å². The van der Waals surface area contributed by atoms with E-state index in [1.165, 1.54) is 24.0 Å². The van der Waals surface area contributed by atoms with Gasteiger partial charge in [0.25, 0.3) is 0 Å². The first-order valence-corrected chi connectivity index (χ1v) is 14.9. The summed E-state index contributed by atoms with van der Waals surface area (Å²) in [6, 6.07) is 12.4. The molecule has 0 fully saturated rings. The number of para-hydroxylation sites is 2. The topological polar surface area (TPSA) is 116 Å². The Balaban J connectivity index is 1.18. The molecule has 1 aliphatic heterocycles. The van der Waals surface area contributed by atoms with Crippen molar-refractivity contribution in [2.45, 2.75) is 51.5 Å². The largest absolute Gasteiger partial charge is 0.491 e. The Morgan fingerprint density at radius 2 is 2.05 bits per heavy atom. The molecule has 0 saturated carbocycles. The van der Waals surface area contributed by atoms with Crippen molar-refractivity contribution in [2.24, 2.45) is 0 Å². The highest BCUT2D eigenvalue weighted by molar-refractivity contribution is 5.84. The highest BCUT2D eigenvalue weighted by atomic mass is 19.1. The fourth-order valence-corrected chi connectivity index (χ4v) is 5.28. The zero-order valence-electron chi connectivity index (χ0n) is 24.5. The molecular weight excluding hydrogens is 549 g/mol. The normalized spacial score (nSPS) is 13.4. The summed E-state index contributed by atoms with van der Waals surface area (Å²) in [5.74, 6) is 1.26.